The van der Waals surface area contributed by atoms with Gasteiger partial charge < -0.3 is 5.11 Å². The van der Waals surface area contributed by atoms with E-state index >= 15 is 0 Å². The molecule has 0 saturated carbocycles. The molecule has 0 spiro atoms. The Morgan fingerprint density at radius 3 is 2.70 bits per heavy atom. The van der Waals surface area contributed by atoms with Crippen LogP contribution in [0.2, 0.25) is 0 Å². The Morgan fingerprint density at radius 1 is 1.25 bits per heavy atom. The smallest absolute Gasteiger partial charge is 0.282 e. The zero-order valence-electron chi connectivity index (χ0n) is 11.4. The van der Waals surface area contributed by atoms with Crippen LogP contribution in [0.1, 0.15) is 23.3 Å². The second-order valence-electron chi connectivity index (χ2n) is 5.49. The van der Waals surface area contributed by atoms with Gasteiger partial charge in [0.15, 0.2) is 0 Å². The summed E-state index contributed by atoms with van der Waals surface area (Å²) in [6.07, 6.45) is 2.33. The molecule has 0 amide bonds. The fraction of sp³-hybridized carbons (Fsp3) is 0.692. The molecule has 0 radical (unpaired) electrons. The normalized spacial score (nSPS) is 22.9. The number of aliphatic hydroxyl groups is 1. The van der Waals surface area contributed by atoms with Gasteiger partial charge in [-0.05, 0) is 42.2 Å². The van der Waals surface area contributed by atoms with Crippen molar-refractivity contribution in [3.05, 3.63) is 21.9 Å². The fourth-order valence-corrected chi connectivity index (χ4v) is 5.42. The lowest BCUT2D eigenvalue weighted by atomic mass is 10.00. The molecule has 0 aromatic carbocycles. The molecule has 5 nitrogen and oxygen atoms in total. The van der Waals surface area contributed by atoms with E-state index in [4.69, 9.17) is 5.11 Å². The highest BCUT2D eigenvalue weighted by molar-refractivity contribution is 7.86. The van der Waals surface area contributed by atoms with Crippen molar-refractivity contribution < 1.29 is 13.5 Å². The minimum Gasteiger partial charge on any atom is -0.396 e. The number of thiophene rings is 1. The molecule has 1 saturated heterocycles. The van der Waals surface area contributed by atoms with Gasteiger partial charge >= 0.3 is 0 Å². The monoisotopic (exact) mass is 316 g/mol. The molecular weight excluding hydrogens is 296 g/mol. The zero-order chi connectivity index (χ0) is 14.2. The van der Waals surface area contributed by atoms with Crippen LogP contribution in [0, 0.1) is 5.92 Å². The van der Waals surface area contributed by atoms with E-state index in [1.165, 1.54) is 4.88 Å². The van der Waals surface area contributed by atoms with Crippen molar-refractivity contribution in [3.63, 3.8) is 0 Å². The Hall–Kier alpha value is -0.470. The highest BCUT2D eigenvalue weighted by Crippen LogP contribution is 2.28. The van der Waals surface area contributed by atoms with E-state index in [1.54, 1.807) is 19.9 Å². The molecule has 0 unspecified atom stereocenters. The number of rotatable bonds is 3. The summed E-state index contributed by atoms with van der Waals surface area (Å²) in [4.78, 5) is 1.32. The molecule has 20 heavy (non-hydrogen) atoms. The summed E-state index contributed by atoms with van der Waals surface area (Å²) >= 11 is 1.71. The highest BCUT2D eigenvalue weighted by Gasteiger charge is 2.34. The first-order valence-electron chi connectivity index (χ1n) is 7.02. The molecule has 3 heterocycles. The van der Waals surface area contributed by atoms with E-state index in [9.17, 15) is 8.42 Å². The number of hydrogen-bond donors (Lipinski definition) is 1. The zero-order valence-corrected chi connectivity index (χ0v) is 13.0. The predicted octanol–water partition coefficient (Wildman–Crippen LogP) is 1.06. The fourth-order valence-electron chi connectivity index (χ4n) is 2.91. The van der Waals surface area contributed by atoms with Gasteiger partial charge in [0.1, 0.15) is 0 Å². The molecule has 1 N–H and O–H groups in total. The van der Waals surface area contributed by atoms with Crippen LogP contribution in [0.15, 0.2) is 11.4 Å². The van der Waals surface area contributed by atoms with Gasteiger partial charge in [-0.15, -0.1) is 11.3 Å². The maximum atomic E-state index is 12.7. The van der Waals surface area contributed by atoms with E-state index in [1.807, 2.05) is 11.4 Å². The Morgan fingerprint density at radius 2 is 2.00 bits per heavy atom. The van der Waals surface area contributed by atoms with Crippen LogP contribution in [0.3, 0.4) is 0 Å². The van der Waals surface area contributed by atoms with E-state index in [2.05, 4.69) is 0 Å². The summed E-state index contributed by atoms with van der Waals surface area (Å²) in [5, 5.41) is 11.2. The number of nitrogens with zero attached hydrogens (tertiary/aromatic N) is 2. The Bertz CT molecular complexity index is 562. The van der Waals surface area contributed by atoms with Crippen LogP contribution in [0.25, 0.3) is 0 Å². The third kappa shape index (κ3) is 2.65. The topological polar surface area (TPSA) is 60.9 Å². The highest BCUT2D eigenvalue weighted by atomic mass is 32.2. The molecule has 0 aliphatic carbocycles. The van der Waals surface area contributed by atoms with Crippen molar-refractivity contribution in [2.24, 2.45) is 5.92 Å². The van der Waals surface area contributed by atoms with Crippen molar-refractivity contribution >= 4 is 21.5 Å². The molecule has 0 bridgehead atoms. The van der Waals surface area contributed by atoms with E-state index in [0.29, 0.717) is 26.2 Å². The SMILES string of the molecule is O=S(=O)(N1CCC(CO)CC1)N1CCc2sccc2C1. The van der Waals surface area contributed by atoms with E-state index < -0.39 is 10.2 Å². The van der Waals surface area contributed by atoms with Crippen molar-refractivity contribution in [3.8, 4) is 0 Å². The summed E-state index contributed by atoms with van der Waals surface area (Å²) in [6.45, 7) is 2.30. The minimum atomic E-state index is -3.35. The molecule has 2 aliphatic heterocycles. The molecule has 1 aromatic heterocycles. The van der Waals surface area contributed by atoms with Crippen LogP contribution < -0.4 is 0 Å². The lowest BCUT2D eigenvalue weighted by Crippen LogP contribution is -2.48. The van der Waals surface area contributed by atoms with Gasteiger partial charge in [0.2, 0.25) is 0 Å². The molecule has 1 aromatic rings. The van der Waals surface area contributed by atoms with Crippen molar-refractivity contribution in [1.29, 1.82) is 0 Å². The summed E-state index contributed by atoms with van der Waals surface area (Å²) in [5.74, 6) is 0.256. The molecule has 3 rings (SSSR count). The minimum absolute atomic E-state index is 0.163. The van der Waals surface area contributed by atoms with Gasteiger partial charge in [0, 0.05) is 37.7 Å². The summed E-state index contributed by atoms with van der Waals surface area (Å²) < 4.78 is 28.5. The first kappa shape index (κ1) is 14.5. The summed E-state index contributed by atoms with van der Waals surface area (Å²) in [6, 6.07) is 2.03. The van der Waals surface area contributed by atoms with Gasteiger partial charge in [-0.3, -0.25) is 0 Å². The average molecular weight is 316 g/mol. The number of fused-ring (bicyclic) bond motifs is 1. The number of piperidine rings is 1. The van der Waals surface area contributed by atoms with Gasteiger partial charge in [-0.1, -0.05) is 0 Å². The molecular formula is C13H20N2O3S2. The third-order valence-corrected chi connectivity index (χ3v) is 7.26. The Balaban J connectivity index is 1.70. The van der Waals surface area contributed by atoms with Crippen molar-refractivity contribution in [2.45, 2.75) is 25.8 Å². The van der Waals surface area contributed by atoms with Crippen LogP contribution in [0.5, 0.6) is 0 Å². The molecule has 2 aliphatic rings. The lowest BCUT2D eigenvalue weighted by Gasteiger charge is -2.35. The molecule has 0 atom stereocenters. The van der Waals surface area contributed by atoms with Crippen LogP contribution in [-0.4, -0.2) is 48.4 Å². The van der Waals surface area contributed by atoms with Crippen LogP contribution in [0.4, 0.5) is 0 Å². The van der Waals surface area contributed by atoms with Gasteiger partial charge in [0.25, 0.3) is 10.2 Å². The number of hydrogen-bond acceptors (Lipinski definition) is 4. The third-order valence-electron chi connectivity index (χ3n) is 4.26. The Kier molecular flexibility index (Phi) is 4.14. The van der Waals surface area contributed by atoms with E-state index in [0.717, 1.165) is 24.8 Å². The molecule has 112 valence electrons. The summed E-state index contributed by atoms with van der Waals surface area (Å²) in [5.41, 5.74) is 1.15. The molecule has 1 fully saturated rings. The standard InChI is InChI=1S/C13H20N2O3S2/c16-10-11-1-5-14(6-2-11)20(17,18)15-7-3-13-12(9-15)4-8-19-13/h4,8,11,16H,1-3,5-7,9-10H2. The molecule has 7 heteroatoms. The first-order chi connectivity index (χ1) is 9.61. The van der Waals surface area contributed by atoms with Gasteiger partial charge in [0.05, 0.1) is 0 Å². The van der Waals surface area contributed by atoms with Gasteiger partial charge in [-0.2, -0.15) is 17.0 Å². The second kappa shape index (κ2) is 5.73. The number of aliphatic hydroxyl groups excluding tert-OH is 1. The van der Waals surface area contributed by atoms with Gasteiger partial charge in [-0.25, -0.2) is 0 Å². The van der Waals surface area contributed by atoms with Crippen molar-refractivity contribution in [1.82, 2.24) is 8.61 Å². The average Bonchev–Trinajstić information content (AvgIpc) is 2.94. The predicted molar refractivity (Wildman–Crippen MR) is 78.7 cm³/mol. The first-order valence-corrected chi connectivity index (χ1v) is 9.30. The quantitative estimate of drug-likeness (QED) is 0.907. The lowest BCUT2D eigenvalue weighted by molar-refractivity contribution is 0.165. The van der Waals surface area contributed by atoms with Crippen LogP contribution >= 0.6 is 11.3 Å². The maximum Gasteiger partial charge on any atom is 0.282 e. The Labute approximate surface area is 124 Å². The van der Waals surface area contributed by atoms with Crippen LogP contribution in [-0.2, 0) is 23.2 Å². The van der Waals surface area contributed by atoms with E-state index in [-0.39, 0.29) is 12.5 Å². The van der Waals surface area contributed by atoms with Crippen molar-refractivity contribution in [2.75, 3.05) is 26.2 Å². The summed E-state index contributed by atoms with van der Waals surface area (Å²) in [7, 11) is -3.35. The maximum absolute atomic E-state index is 12.7. The largest absolute Gasteiger partial charge is 0.396 e. The second-order valence-corrected chi connectivity index (χ2v) is 8.41.